The van der Waals surface area contributed by atoms with Gasteiger partial charge in [0.2, 0.25) is 5.91 Å². The van der Waals surface area contributed by atoms with Crippen LogP contribution in [0.2, 0.25) is 0 Å². The summed E-state index contributed by atoms with van der Waals surface area (Å²) in [6.45, 7) is 8.70. The first-order valence-electron chi connectivity index (χ1n) is 9.74. The van der Waals surface area contributed by atoms with Crippen LogP contribution in [0.15, 0.2) is 24.5 Å². The van der Waals surface area contributed by atoms with Gasteiger partial charge in [0.05, 0.1) is 0 Å². The highest BCUT2D eigenvalue weighted by Gasteiger charge is 2.44. The van der Waals surface area contributed by atoms with Crippen LogP contribution in [0.3, 0.4) is 0 Å². The zero-order chi connectivity index (χ0) is 20.0. The molecule has 1 amide bonds. The molecule has 3 rings (SSSR count). The zero-order valence-corrected chi connectivity index (χ0v) is 17.0. The van der Waals surface area contributed by atoms with Gasteiger partial charge in [0, 0.05) is 43.5 Å². The van der Waals surface area contributed by atoms with Crippen molar-refractivity contribution < 1.29 is 14.7 Å². The molecule has 2 aliphatic rings. The van der Waals surface area contributed by atoms with Crippen LogP contribution in [0.25, 0.3) is 0 Å². The van der Waals surface area contributed by atoms with Gasteiger partial charge < -0.3 is 10.0 Å². The number of aromatic nitrogens is 1. The predicted octanol–water partition coefficient (Wildman–Crippen LogP) is 2.89. The molecule has 6 heteroatoms. The molecule has 1 aliphatic carbocycles. The Balaban J connectivity index is 0.000000817. The highest BCUT2D eigenvalue weighted by molar-refractivity contribution is 5.81. The van der Waals surface area contributed by atoms with E-state index in [-0.39, 0.29) is 11.9 Å². The monoisotopic (exact) mass is 375 g/mol. The van der Waals surface area contributed by atoms with Gasteiger partial charge in [-0.05, 0) is 49.4 Å². The Bertz CT molecular complexity index is 615. The third kappa shape index (κ3) is 5.51. The summed E-state index contributed by atoms with van der Waals surface area (Å²) in [5, 5.41) is 6.89. The fourth-order valence-corrected chi connectivity index (χ4v) is 4.52. The first-order valence-corrected chi connectivity index (χ1v) is 9.74. The topological polar surface area (TPSA) is 73.7 Å². The second-order valence-corrected chi connectivity index (χ2v) is 8.76. The molecule has 2 fully saturated rings. The van der Waals surface area contributed by atoms with Crippen molar-refractivity contribution in [3.8, 4) is 0 Å². The van der Waals surface area contributed by atoms with E-state index in [2.05, 4.69) is 34.0 Å². The Morgan fingerprint density at radius 1 is 1.30 bits per heavy atom. The van der Waals surface area contributed by atoms with Gasteiger partial charge in [-0.15, -0.1) is 0 Å². The average molecular weight is 376 g/mol. The SMILES string of the molecule is CN(Cc1ccncc1)C1CCCC2CN(C(=O)C(C)(C)C)CC21.O=CO. The maximum Gasteiger partial charge on any atom is 0.290 e. The number of pyridine rings is 1. The Kier molecular flexibility index (Phi) is 7.36. The lowest BCUT2D eigenvalue weighted by Crippen LogP contribution is -2.44. The van der Waals surface area contributed by atoms with Gasteiger partial charge in [0.15, 0.2) is 0 Å². The average Bonchev–Trinajstić information content (AvgIpc) is 3.05. The minimum absolute atomic E-state index is 0.250. The first kappa shape index (κ1) is 21.4. The summed E-state index contributed by atoms with van der Waals surface area (Å²) in [5.41, 5.74) is 1.04. The van der Waals surface area contributed by atoms with Crippen molar-refractivity contribution in [2.24, 2.45) is 17.3 Å². The molecule has 1 saturated carbocycles. The van der Waals surface area contributed by atoms with Crippen LogP contribution >= 0.6 is 0 Å². The summed E-state index contributed by atoms with van der Waals surface area (Å²) >= 11 is 0. The molecular weight excluding hydrogens is 342 g/mol. The molecule has 0 spiro atoms. The van der Waals surface area contributed by atoms with Gasteiger partial charge in [0.25, 0.3) is 6.47 Å². The lowest BCUT2D eigenvalue weighted by Gasteiger charge is -2.39. The van der Waals surface area contributed by atoms with Crippen molar-refractivity contribution in [2.75, 3.05) is 20.1 Å². The highest BCUT2D eigenvalue weighted by atomic mass is 16.3. The summed E-state index contributed by atoms with van der Waals surface area (Å²) in [4.78, 5) is 29.8. The van der Waals surface area contributed by atoms with Crippen LogP contribution in [0.4, 0.5) is 0 Å². The Hall–Kier alpha value is -1.95. The van der Waals surface area contributed by atoms with Crippen molar-refractivity contribution in [1.82, 2.24) is 14.8 Å². The lowest BCUT2D eigenvalue weighted by molar-refractivity contribution is -0.138. The minimum Gasteiger partial charge on any atom is -0.483 e. The number of carboxylic acid groups (broad SMARTS) is 1. The summed E-state index contributed by atoms with van der Waals surface area (Å²) < 4.78 is 0. The van der Waals surface area contributed by atoms with E-state index in [1.54, 1.807) is 0 Å². The van der Waals surface area contributed by atoms with Crippen LogP contribution in [0.5, 0.6) is 0 Å². The van der Waals surface area contributed by atoms with Gasteiger partial charge in [-0.2, -0.15) is 0 Å². The Morgan fingerprint density at radius 2 is 1.93 bits per heavy atom. The summed E-state index contributed by atoms with van der Waals surface area (Å²) in [6, 6.07) is 4.77. The number of carbonyl (C=O) groups is 2. The quantitative estimate of drug-likeness (QED) is 0.823. The van der Waals surface area contributed by atoms with E-state index in [0.29, 0.717) is 23.8 Å². The highest BCUT2D eigenvalue weighted by Crippen LogP contribution is 2.40. The molecule has 0 radical (unpaired) electrons. The van der Waals surface area contributed by atoms with Gasteiger partial charge >= 0.3 is 0 Å². The van der Waals surface area contributed by atoms with Crippen LogP contribution in [0, 0.1) is 17.3 Å². The number of amides is 1. The Morgan fingerprint density at radius 3 is 2.52 bits per heavy atom. The van der Waals surface area contributed by atoms with E-state index < -0.39 is 0 Å². The molecule has 2 heterocycles. The molecular formula is C21H33N3O3. The number of hydrogen-bond acceptors (Lipinski definition) is 4. The van der Waals surface area contributed by atoms with Crippen molar-refractivity contribution in [3.05, 3.63) is 30.1 Å². The molecule has 0 bridgehead atoms. The van der Waals surface area contributed by atoms with E-state index in [9.17, 15) is 4.79 Å². The predicted molar refractivity (Wildman–Crippen MR) is 105 cm³/mol. The maximum atomic E-state index is 12.7. The number of hydrogen-bond donors (Lipinski definition) is 1. The van der Waals surface area contributed by atoms with E-state index in [1.165, 1.54) is 24.8 Å². The van der Waals surface area contributed by atoms with E-state index in [0.717, 1.165) is 19.6 Å². The van der Waals surface area contributed by atoms with Crippen molar-refractivity contribution in [1.29, 1.82) is 0 Å². The van der Waals surface area contributed by atoms with Crippen molar-refractivity contribution in [3.63, 3.8) is 0 Å². The van der Waals surface area contributed by atoms with Gasteiger partial charge in [0.1, 0.15) is 0 Å². The molecule has 1 aromatic rings. The third-order valence-electron chi connectivity index (χ3n) is 5.74. The largest absolute Gasteiger partial charge is 0.483 e. The van der Waals surface area contributed by atoms with Crippen LogP contribution in [-0.2, 0) is 16.1 Å². The summed E-state index contributed by atoms with van der Waals surface area (Å²) in [5.74, 6) is 1.61. The molecule has 3 atom stereocenters. The minimum atomic E-state index is -0.272. The van der Waals surface area contributed by atoms with E-state index in [4.69, 9.17) is 9.90 Å². The van der Waals surface area contributed by atoms with Gasteiger partial charge in [-0.1, -0.05) is 27.2 Å². The fraction of sp³-hybridized carbons (Fsp3) is 0.667. The third-order valence-corrected chi connectivity index (χ3v) is 5.74. The molecule has 1 aliphatic heterocycles. The van der Waals surface area contributed by atoms with E-state index in [1.807, 2.05) is 33.2 Å². The van der Waals surface area contributed by atoms with Crippen molar-refractivity contribution >= 4 is 12.4 Å². The number of rotatable bonds is 3. The van der Waals surface area contributed by atoms with Crippen LogP contribution in [0.1, 0.15) is 45.6 Å². The number of fused-ring (bicyclic) bond motifs is 1. The lowest BCUT2D eigenvalue weighted by atomic mass is 9.77. The molecule has 3 unspecified atom stereocenters. The first-order chi connectivity index (χ1) is 12.8. The van der Waals surface area contributed by atoms with Crippen molar-refractivity contribution in [2.45, 2.75) is 52.6 Å². The van der Waals surface area contributed by atoms with Gasteiger partial charge in [-0.25, -0.2) is 0 Å². The molecule has 0 aromatic carbocycles. The number of nitrogens with zero attached hydrogens (tertiary/aromatic N) is 3. The Labute approximate surface area is 162 Å². The molecule has 6 nitrogen and oxygen atoms in total. The van der Waals surface area contributed by atoms with Crippen LogP contribution < -0.4 is 0 Å². The summed E-state index contributed by atoms with van der Waals surface area (Å²) in [6.07, 6.45) is 7.54. The van der Waals surface area contributed by atoms with Crippen LogP contribution in [-0.4, -0.2) is 58.4 Å². The maximum absolute atomic E-state index is 12.7. The molecule has 150 valence electrons. The van der Waals surface area contributed by atoms with E-state index >= 15 is 0 Å². The standard InChI is InChI=1S/C20H31N3O.CH2O2/c1-20(2,3)19(24)23-13-16-6-5-7-18(17(16)14-23)22(4)12-15-8-10-21-11-9-15;2-1-3/h8-11,16-18H,5-7,12-14H2,1-4H3;1H,(H,2,3). The number of carbonyl (C=O) groups excluding carboxylic acids is 1. The smallest absolute Gasteiger partial charge is 0.290 e. The summed E-state index contributed by atoms with van der Waals surface area (Å²) in [7, 11) is 2.24. The van der Waals surface area contributed by atoms with Gasteiger partial charge in [-0.3, -0.25) is 19.5 Å². The normalized spacial score (nSPS) is 24.8. The second-order valence-electron chi connectivity index (χ2n) is 8.76. The zero-order valence-electron chi connectivity index (χ0n) is 17.0. The molecule has 1 aromatic heterocycles. The number of likely N-dealkylation sites (tertiary alicyclic amines) is 1. The fourth-order valence-electron chi connectivity index (χ4n) is 4.52. The molecule has 27 heavy (non-hydrogen) atoms. The molecule has 1 saturated heterocycles. The molecule has 1 N–H and O–H groups in total. The second kappa shape index (κ2) is 9.31.